The molecule has 0 spiro atoms. The summed E-state index contributed by atoms with van der Waals surface area (Å²) in [5.41, 5.74) is 2.88. The molecule has 0 saturated heterocycles. The number of carbonyl (C=O) groups is 1. The maximum absolute atomic E-state index is 12.0. The predicted octanol–water partition coefficient (Wildman–Crippen LogP) is 4.24. The standard InChI is InChI=1S/C18H20ClNO3/c1-12-4-7-14(8-5-12)20-17(21)9-6-13-10-15(19)18(23-3)16(11-13)22-2/h4-5,7-8,10-11H,6,9H2,1-3H3,(H,20,21). The van der Waals surface area contributed by atoms with Crippen LogP contribution >= 0.6 is 11.6 Å². The zero-order valence-corrected chi connectivity index (χ0v) is 14.2. The summed E-state index contributed by atoms with van der Waals surface area (Å²) in [6.07, 6.45) is 0.928. The fourth-order valence-corrected chi connectivity index (χ4v) is 2.54. The summed E-state index contributed by atoms with van der Waals surface area (Å²) in [6.45, 7) is 2.01. The maximum Gasteiger partial charge on any atom is 0.224 e. The number of hydrogen-bond acceptors (Lipinski definition) is 3. The van der Waals surface area contributed by atoms with Gasteiger partial charge in [-0.3, -0.25) is 4.79 Å². The Balaban J connectivity index is 1.98. The normalized spacial score (nSPS) is 10.3. The van der Waals surface area contributed by atoms with Crippen molar-refractivity contribution < 1.29 is 14.3 Å². The van der Waals surface area contributed by atoms with Gasteiger partial charge in [0.25, 0.3) is 0 Å². The van der Waals surface area contributed by atoms with Gasteiger partial charge in [0.2, 0.25) is 5.91 Å². The Morgan fingerprint density at radius 3 is 2.43 bits per heavy atom. The minimum Gasteiger partial charge on any atom is -0.493 e. The molecule has 5 heteroatoms. The van der Waals surface area contributed by atoms with Crippen molar-refractivity contribution in [3.8, 4) is 11.5 Å². The van der Waals surface area contributed by atoms with Gasteiger partial charge >= 0.3 is 0 Å². The van der Waals surface area contributed by atoms with Gasteiger partial charge in [0, 0.05) is 12.1 Å². The van der Waals surface area contributed by atoms with E-state index in [1.807, 2.05) is 37.3 Å². The van der Waals surface area contributed by atoms with Crippen LogP contribution in [0, 0.1) is 6.92 Å². The summed E-state index contributed by atoms with van der Waals surface area (Å²) in [7, 11) is 3.10. The molecule has 0 aliphatic rings. The minimum absolute atomic E-state index is 0.0419. The summed E-state index contributed by atoms with van der Waals surface area (Å²) in [5.74, 6) is 1.02. The molecule has 23 heavy (non-hydrogen) atoms. The van der Waals surface area contributed by atoms with E-state index >= 15 is 0 Å². The number of anilines is 1. The molecule has 0 atom stereocenters. The number of rotatable bonds is 6. The molecule has 0 aliphatic carbocycles. The molecule has 0 radical (unpaired) electrons. The van der Waals surface area contributed by atoms with Crippen LogP contribution in [0.4, 0.5) is 5.69 Å². The van der Waals surface area contributed by atoms with E-state index in [1.54, 1.807) is 20.3 Å². The van der Waals surface area contributed by atoms with Gasteiger partial charge in [-0.1, -0.05) is 29.3 Å². The summed E-state index contributed by atoms with van der Waals surface area (Å²) in [5, 5.41) is 3.35. The molecule has 0 fully saturated rings. The highest BCUT2D eigenvalue weighted by Crippen LogP contribution is 2.36. The van der Waals surface area contributed by atoms with Crippen molar-refractivity contribution >= 4 is 23.2 Å². The molecule has 0 heterocycles. The molecule has 2 aromatic carbocycles. The molecular weight excluding hydrogens is 314 g/mol. The fourth-order valence-electron chi connectivity index (χ4n) is 2.23. The number of hydrogen-bond donors (Lipinski definition) is 1. The van der Waals surface area contributed by atoms with Crippen molar-refractivity contribution in [2.24, 2.45) is 0 Å². The first-order chi connectivity index (χ1) is 11.0. The first kappa shape index (κ1) is 17.2. The van der Waals surface area contributed by atoms with Crippen LogP contribution < -0.4 is 14.8 Å². The van der Waals surface area contributed by atoms with E-state index in [1.165, 1.54) is 0 Å². The molecule has 0 bridgehead atoms. The number of carbonyl (C=O) groups excluding carboxylic acids is 1. The minimum atomic E-state index is -0.0419. The highest BCUT2D eigenvalue weighted by atomic mass is 35.5. The van der Waals surface area contributed by atoms with Gasteiger partial charge in [-0.05, 0) is 43.2 Å². The Morgan fingerprint density at radius 2 is 1.83 bits per heavy atom. The number of benzene rings is 2. The highest BCUT2D eigenvalue weighted by Gasteiger charge is 2.12. The van der Waals surface area contributed by atoms with Crippen molar-refractivity contribution in [1.29, 1.82) is 0 Å². The van der Waals surface area contributed by atoms with Crippen LogP contribution in [0.5, 0.6) is 11.5 Å². The third-order valence-electron chi connectivity index (χ3n) is 3.47. The molecule has 0 unspecified atom stereocenters. The van der Waals surface area contributed by atoms with Crippen LogP contribution in [0.2, 0.25) is 5.02 Å². The smallest absolute Gasteiger partial charge is 0.224 e. The summed E-state index contributed by atoms with van der Waals surface area (Å²) in [4.78, 5) is 12.0. The summed E-state index contributed by atoms with van der Waals surface area (Å²) >= 11 is 6.17. The van der Waals surface area contributed by atoms with Crippen molar-refractivity contribution in [3.05, 3.63) is 52.5 Å². The largest absolute Gasteiger partial charge is 0.493 e. The van der Waals surface area contributed by atoms with E-state index in [9.17, 15) is 4.79 Å². The average molecular weight is 334 g/mol. The first-order valence-electron chi connectivity index (χ1n) is 7.30. The number of nitrogens with one attached hydrogen (secondary N) is 1. The van der Waals surface area contributed by atoms with Gasteiger partial charge in [-0.15, -0.1) is 0 Å². The van der Waals surface area contributed by atoms with Gasteiger partial charge in [0.1, 0.15) is 0 Å². The average Bonchev–Trinajstić information content (AvgIpc) is 2.54. The molecule has 0 saturated carbocycles. The SMILES string of the molecule is COc1cc(CCC(=O)Nc2ccc(C)cc2)cc(Cl)c1OC. The van der Waals surface area contributed by atoms with Gasteiger partial charge in [-0.25, -0.2) is 0 Å². The molecule has 2 rings (SSSR count). The molecule has 4 nitrogen and oxygen atoms in total. The molecule has 0 aromatic heterocycles. The monoisotopic (exact) mass is 333 g/mol. The lowest BCUT2D eigenvalue weighted by atomic mass is 10.1. The zero-order valence-electron chi connectivity index (χ0n) is 13.5. The van der Waals surface area contributed by atoms with Crippen LogP contribution in [0.25, 0.3) is 0 Å². The predicted molar refractivity (Wildman–Crippen MR) is 92.7 cm³/mol. The molecule has 0 aliphatic heterocycles. The van der Waals surface area contributed by atoms with Crippen LogP contribution in [-0.4, -0.2) is 20.1 Å². The lowest BCUT2D eigenvalue weighted by molar-refractivity contribution is -0.116. The number of aryl methyl sites for hydroxylation is 2. The van der Waals surface area contributed by atoms with E-state index in [4.69, 9.17) is 21.1 Å². The van der Waals surface area contributed by atoms with Crippen molar-refractivity contribution in [1.82, 2.24) is 0 Å². The van der Waals surface area contributed by atoms with E-state index < -0.39 is 0 Å². The lowest BCUT2D eigenvalue weighted by Gasteiger charge is -2.12. The van der Waals surface area contributed by atoms with Crippen LogP contribution in [0.3, 0.4) is 0 Å². The topological polar surface area (TPSA) is 47.6 Å². The molecule has 1 N–H and O–H groups in total. The van der Waals surface area contributed by atoms with E-state index in [2.05, 4.69) is 5.32 Å². The molecule has 122 valence electrons. The van der Waals surface area contributed by atoms with E-state index in [0.29, 0.717) is 29.4 Å². The Bertz CT molecular complexity index is 683. The van der Waals surface area contributed by atoms with Crippen LogP contribution in [0.15, 0.2) is 36.4 Å². The highest BCUT2D eigenvalue weighted by molar-refractivity contribution is 6.32. The first-order valence-corrected chi connectivity index (χ1v) is 7.68. The lowest BCUT2D eigenvalue weighted by Crippen LogP contribution is -2.12. The van der Waals surface area contributed by atoms with Gasteiger partial charge in [0.15, 0.2) is 11.5 Å². The van der Waals surface area contributed by atoms with Crippen molar-refractivity contribution in [2.45, 2.75) is 19.8 Å². The third-order valence-corrected chi connectivity index (χ3v) is 3.75. The second kappa shape index (κ2) is 7.88. The fraction of sp³-hybridized carbons (Fsp3) is 0.278. The number of amides is 1. The van der Waals surface area contributed by atoms with E-state index in [0.717, 1.165) is 16.8 Å². The Hall–Kier alpha value is -2.20. The quantitative estimate of drug-likeness (QED) is 0.860. The van der Waals surface area contributed by atoms with Gasteiger partial charge in [0.05, 0.1) is 19.2 Å². The maximum atomic E-state index is 12.0. The second-order valence-corrected chi connectivity index (χ2v) is 5.63. The van der Waals surface area contributed by atoms with Crippen molar-refractivity contribution in [2.75, 3.05) is 19.5 Å². The Kier molecular flexibility index (Phi) is 5.88. The molecular formula is C18H20ClNO3. The zero-order chi connectivity index (χ0) is 16.8. The van der Waals surface area contributed by atoms with Crippen LogP contribution in [0.1, 0.15) is 17.5 Å². The second-order valence-electron chi connectivity index (χ2n) is 5.23. The van der Waals surface area contributed by atoms with Crippen LogP contribution in [-0.2, 0) is 11.2 Å². The van der Waals surface area contributed by atoms with Crippen molar-refractivity contribution in [3.63, 3.8) is 0 Å². The van der Waals surface area contributed by atoms with E-state index in [-0.39, 0.29) is 5.91 Å². The Morgan fingerprint density at radius 1 is 1.13 bits per heavy atom. The summed E-state index contributed by atoms with van der Waals surface area (Å²) < 4.78 is 10.5. The molecule has 1 amide bonds. The number of ether oxygens (including phenoxy) is 2. The summed E-state index contributed by atoms with van der Waals surface area (Å²) in [6, 6.07) is 11.3. The van der Waals surface area contributed by atoms with Gasteiger partial charge < -0.3 is 14.8 Å². The number of methoxy groups -OCH3 is 2. The third kappa shape index (κ3) is 4.63. The molecule has 2 aromatic rings. The van der Waals surface area contributed by atoms with Gasteiger partial charge in [-0.2, -0.15) is 0 Å². The number of halogens is 1. The Labute approximate surface area is 141 Å².